The molecule has 0 aromatic carbocycles. The lowest BCUT2D eigenvalue weighted by atomic mass is 10.3. The maximum atomic E-state index is 11.9. The van der Waals surface area contributed by atoms with Crippen LogP contribution in [0.15, 0.2) is 5.38 Å². The predicted octanol–water partition coefficient (Wildman–Crippen LogP) is 1.65. The molecule has 21 heavy (non-hydrogen) atoms. The van der Waals surface area contributed by atoms with E-state index < -0.39 is 40.8 Å². The van der Waals surface area contributed by atoms with Crippen molar-refractivity contribution in [2.45, 2.75) is 25.4 Å². The van der Waals surface area contributed by atoms with Crippen LogP contribution in [0.4, 0.5) is 13.2 Å². The highest BCUT2D eigenvalue weighted by atomic mass is 32.2. The molecule has 6 nitrogen and oxygen atoms in total. The second-order valence-corrected chi connectivity index (χ2v) is 6.98. The Morgan fingerprint density at radius 1 is 1.43 bits per heavy atom. The van der Waals surface area contributed by atoms with Gasteiger partial charge in [-0.1, -0.05) is 0 Å². The molecule has 0 bridgehead atoms. The third kappa shape index (κ3) is 7.39. The van der Waals surface area contributed by atoms with Crippen molar-refractivity contribution in [2.24, 2.45) is 0 Å². The molecule has 120 valence electrons. The largest absolute Gasteiger partial charge is 0.476 e. The zero-order valence-electron chi connectivity index (χ0n) is 10.7. The molecular formula is C10H13F3N2O4S2. The molecular weight excluding hydrogens is 333 g/mol. The van der Waals surface area contributed by atoms with Crippen molar-refractivity contribution in [1.29, 1.82) is 0 Å². The van der Waals surface area contributed by atoms with E-state index in [4.69, 9.17) is 5.11 Å². The van der Waals surface area contributed by atoms with Crippen molar-refractivity contribution in [2.75, 3.05) is 12.3 Å². The highest BCUT2D eigenvalue weighted by molar-refractivity contribution is 7.89. The van der Waals surface area contributed by atoms with Gasteiger partial charge < -0.3 is 5.11 Å². The molecule has 1 heterocycles. The van der Waals surface area contributed by atoms with E-state index in [2.05, 4.69) is 9.71 Å². The van der Waals surface area contributed by atoms with Gasteiger partial charge in [-0.15, -0.1) is 11.3 Å². The number of carbonyl (C=O) groups is 1. The van der Waals surface area contributed by atoms with E-state index in [0.29, 0.717) is 5.01 Å². The van der Waals surface area contributed by atoms with Gasteiger partial charge in [-0.25, -0.2) is 22.9 Å². The summed E-state index contributed by atoms with van der Waals surface area (Å²) in [5.41, 5.74) is -0.122. The minimum absolute atomic E-state index is 0.0408. The van der Waals surface area contributed by atoms with Gasteiger partial charge in [0.15, 0.2) is 5.69 Å². The summed E-state index contributed by atoms with van der Waals surface area (Å²) in [5, 5.41) is 10.4. The van der Waals surface area contributed by atoms with Crippen molar-refractivity contribution in [3.63, 3.8) is 0 Å². The minimum atomic E-state index is -4.37. The summed E-state index contributed by atoms with van der Waals surface area (Å²) in [4.78, 5) is 14.3. The van der Waals surface area contributed by atoms with Gasteiger partial charge in [0.25, 0.3) is 0 Å². The molecule has 0 aliphatic carbocycles. The Kier molecular flexibility index (Phi) is 6.10. The summed E-state index contributed by atoms with van der Waals surface area (Å²) in [6, 6.07) is 0. The third-order valence-electron chi connectivity index (χ3n) is 2.31. The van der Waals surface area contributed by atoms with Crippen LogP contribution in [0, 0.1) is 0 Å². The van der Waals surface area contributed by atoms with E-state index >= 15 is 0 Å². The third-order valence-corrected chi connectivity index (χ3v) is 4.68. The Morgan fingerprint density at radius 2 is 2.10 bits per heavy atom. The second-order valence-electron chi connectivity index (χ2n) is 4.11. The predicted molar refractivity (Wildman–Crippen MR) is 69.9 cm³/mol. The van der Waals surface area contributed by atoms with Crippen molar-refractivity contribution in [3.05, 3.63) is 16.1 Å². The van der Waals surface area contributed by atoms with Crippen molar-refractivity contribution in [1.82, 2.24) is 9.71 Å². The molecule has 1 aromatic heterocycles. The smallest absolute Gasteiger partial charge is 0.389 e. The molecule has 0 saturated carbocycles. The van der Waals surface area contributed by atoms with E-state index in [1.165, 1.54) is 5.38 Å². The van der Waals surface area contributed by atoms with Crippen LogP contribution in [0.3, 0.4) is 0 Å². The Labute approximate surface area is 123 Å². The highest BCUT2D eigenvalue weighted by Gasteiger charge is 2.27. The molecule has 0 radical (unpaired) electrons. The van der Waals surface area contributed by atoms with Crippen LogP contribution < -0.4 is 4.72 Å². The van der Waals surface area contributed by atoms with Gasteiger partial charge in [0.05, 0.1) is 10.8 Å². The minimum Gasteiger partial charge on any atom is -0.476 e. The SMILES string of the molecule is O=C(O)c1csc(CCNS(=O)(=O)CCCC(F)(F)F)n1. The second kappa shape index (κ2) is 7.18. The average Bonchev–Trinajstić information content (AvgIpc) is 2.75. The molecule has 0 amide bonds. The lowest BCUT2D eigenvalue weighted by Crippen LogP contribution is -2.29. The van der Waals surface area contributed by atoms with Crippen LogP contribution in [0.1, 0.15) is 28.3 Å². The molecule has 0 aliphatic rings. The first-order chi connectivity index (χ1) is 9.59. The van der Waals surface area contributed by atoms with E-state index in [-0.39, 0.29) is 18.7 Å². The van der Waals surface area contributed by atoms with Gasteiger partial charge in [0, 0.05) is 24.8 Å². The van der Waals surface area contributed by atoms with Crippen LogP contribution >= 0.6 is 11.3 Å². The van der Waals surface area contributed by atoms with Gasteiger partial charge in [0.2, 0.25) is 10.0 Å². The fourth-order valence-corrected chi connectivity index (χ4v) is 3.23. The average molecular weight is 346 g/mol. The molecule has 0 saturated heterocycles. The summed E-state index contributed by atoms with van der Waals surface area (Å²) in [5.74, 6) is -1.78. The molecule has 0 unspecified atom stereocenters. The number of halogens is 3. The fraction of sp³-hybridized carbons (Fsp3) is 0.600. The van der Waals surface area contributed by atoms with Crippen LogP contribution in [0.5, 0.6) is 0 Å². The van der Waals surface area contributed by atoms with Gasteiger partial charge >= 0.3 is 12.1 Å². The van der Waals surface area contributed by atoms with Gasteiger partial charge in [-0.3, -0.25) is 0 Å². The van der Waals surface area contributed by atoms with Crippen molar-refractivity contribution >= 4 is 27.3 Å². The van der Waals surface area contributed by atoms with E-state index in [1.807, 2.05) is 0 Å². The molecule has 0 atom stereocenters. The monoisotopic (exact) mass is 346 g/mol. The van der Waals surface area contributed by atoms with E-state index in [9.17, 15) is 26.4 Å². The molecule has 1 rings (SSSR count). The number of nitrogens with zero attached hydrogens (tertiary/aromatic N) is 1. The first-order valence-electron chi connectivity index (χ1n) is 5.81. The Bertz CT molecular complexity index is 583. The summed E-state index contributed by atoms with van der Waals surface area (Å²) in [7, 11) is -3.77. The maximum Gasteiger partial charge on any atom is 0.389 e. The van der Waals surface area contributed by atoms with Gasteiger partial charge in [0.1, 0.15) is 0 Å². The van der Waals surface area contributed by atoms with Crippen LogP contribution in [-0.2, 0) is 16.4 Å². The Hall–Kier alpha value is -1.20. The summed E-state index contributed by atoms with van der Waals surface area (Å²) in [6.07, 6.45) is -5.85. The molecule has 0 spiro atoms. The first kappa shape index (κ1) is 17.9. The number of carboxylic acid groups (broad SMARTS) is 1. The topological polar surface area (TPSA) is 96.4 Å². The molecule has 2 N–H and O–H groups in total. The number of aromatic carboxylic acids is 1. The Balaban J connectivity index is 2.34. The van der Waals surface area contributed by atoms with Crippen molar-refractivity contribution < 1.29 is 31.5 Å². The lowest BCUT2D eigenvalue weighted by molar-refractivity contribution is -0.134. The first-order valence-corrected chi connectivity index (χ1v) is 8.34. The number of aromatic nitrogens is 1. The number of alkyl halides is 3. The van der Waals surface area contributed by atoms with Gasteiger partial charge in [-0.05, 0) is 6.42 Å². The molecule has 11 heteroatoms. The van der Waals surface area contributed by atoms with Crippen LogP contribution in [0.25, 0.3) is 0 Å². The quantitative estimate of drug-likeness (QED) is 0.746. The van der Waals surface area contributed by atoms with Crippen LogP contribution in [0.2, 0.25) is 0 Å². The highest BCUT2D eigenvalue weighted by Crippen LogP contribution is 2.21. The molecule has 0 fully saturated rings. The number of hydrogen-bond acceptors (Lipinski definition) is 5. The number of hydrogen-bond donors (Lipinski definition) is 2. The van der Waals surface area contributed by atoms with Gasteiger partial charge in [-0.2, -0.15) is 13.2 Å². The van der Waals surface area contributed by atoms with E-state index in [1.54, 1.807) is 0 Å². The number of nitrogens with one attached hydrogen (secondary N) is 1. The lowest BCUT2D eigenvalue weighted by Gasteiger charge is -2.07. The van der Waals surface area contributed by atoms with Crippen molar-refractivity contribution in [3.8, 4) is 0 Å². The maximum absolute atomic E-state index is 11.9. The van der Waals surface area contributed by atoms with Crippen LogP contribution in [-0.4, -0.2) is 43.0 Å². The summed E-state index contributed by atoms with van der Waals surface area (Å²) in [6.45, 7) is -0.0408. The number of thiazole rings is 1. The molecule has 1 aromatic rings. The number of carboxylic acids is 1. The normalized spacial score (nSPS) is 12.5. The van der Waals surface area contributed by atoms with E-state index in [0.717, 1.165) is 11.3 Å². The number of rotatable bonds is 8. The zero-order valence-corrected chi connectivity index (χ0v) is 12.3. The zero-order chi connectivity index (χ0) is 16.1. The Morgan fingerprint density at radius 3 is 2.62 bits per heavy atom. The fourth-order valence-electron chi connectivity index (χ4n) is 1.37. The summed E-state index contributed by atoms with van der Waals surface area (Å²) < 4.78 is 60.7. The number of sulfonamides is 1. The molecule has 0 aliphatic heterocycles. The summed E-state index contributed by atoms with van der Waals surface area (Å²) >= 11 is 1.07. The standard InChI is InChI=1S/C10H13F3N2O4S2/c11-10(12,13)3-1-5-21(18,19)14-4-2-8-15-7(6-20-8)9(16)17/h6,14H,1-5H2,(H,16,17).